The zero-order valence-electron chi connectivity index (χ0n) is 15.7. The summed E-state index contributed by atoms with van der Waals surface area (Å²) >= 11 is 5.97. The Hall–Kier alpha value is -3.85. The van der Waals surface area contributed by atoms with Crippen LogP contribution in [0.1, 0.15) is 20.7 Å². The smallest absolute Gasteiger partial charge is 0.261 e. The summed E-state index contributed by atoms with van der Waals surface area (Å²) in [7, 11) is 0. The molecule has 2 aromatic rings. The summed E-state index contributed by atoms with van der Waals surface area (Å²) in [5.41, 5.74) is 3.06. The third kappa shape index (κ3) is 2.77. The molecule has 2 aromatic carbocycles. The van der Waals surface area contributed by atoms with Crippen LogP contribution in [0.15, 0.2) is 53.6 Å². The van der Waals surface area contributed by atoms with Crippen LogP contribution in [0, 0.1) is 5.92 Å². The van der Waals surface area contributed by atoms with E-state index in [1.807, 2.05) is 0 Å². The number of halogens is 1. The van der Waals surface area contributed by atoms with Crippen LogP contribution in [0.3, 0.4) is 0 Å². The largest absolute Gasteiger partial charge is 0.296 e. The van der Waals surface area contributed by atoms with Gasteiger partial charge in [0.25, 0.3) is 17.7 Å². The molecule has 10 heteroatoms. The van der Waals surface area contributed by atoms with Gasteiger partial charge in [0.1, 0.15) is 17.7 Å². The summed E-state index contributed by atoms with van der Waals surface area (Å²) in [6.45, 7) is -0.575. The molecular formula is C21H13ClN4O5. The number of hydrogen-bond donors (Lipinski definition) is 1. The highest BCUT2D eigenvalue weighted by Gasteiger charge is 2.55. The molecule has 2 atom stereocenters. The van der Waals surface area contributed by atoms with Gasteiger partial charge < -0.3 is 0 Å². The molecule has 0 saturated carbocycles. The highest BCUT2D eigenvalue weighted by molar-refractivity contribution is 6.49. The van der Waals surface area contributed by atoms with E-state index in [2.05, 4.69) is 10.5 Å². The monoisotopic (exact) mass is 436 g/mol. The van der Waals surface area contributed by atoms with Crippen molar-refractivity contribution in [1.29, 1.82) is 0 Å². The lowest BCUT2D eigenvalue weighted by atomic mass is 9.95. The van der Waals surface area contributed by atoms with Gasteiger partial charge in [0, 0.05) is 5.02 Å². The average molecular weight is 437 g/mol. The molecule has 0 bridgehead atoms. The number of hydrogen-bond acceptors (Lipinski definition) is 7. The lowest BCUT2D eigenvalue weighted by Crippen LogP contribution is -2.41. The zero-order valence-corrected chi connectivity index (χ0v) is 16.5. The Morgan fingerprint density at radius 3 is 2.29 bits per heavy atom. The lowest BCUT2D eigenvalue weighted by molar-refractivity contribution is -0.122. The first kappa shape index (κ1) is 19.1. The molecule has 3 aliphatic heterocycles. The first-order valence-corrected chi connectivity index (χ1v) is 9.71. The number of anilines is 1. The predicted molar refractivity (Wildman–Crippen MR) is 109 cm³/mol. The number of amides is 4. The molecule has 0 radical (unpaired) electrons. The summed E-state index contributed by atoms with van der Waals surface area (Å²) in [6.07, 6.45) is 0. The van der Waals surface area contributed by atoms with Gasteiger partial charge in [0.2, 0.25) is 5.91 Å². The van der Waals surface area contributed by atoms with E-state index in [1.54, 1.807) is 30.3 Å². The fourth-order valence-electron chi connectivity index (χ4n) is 4.00. The van der Waals surface area contributed by atoms with Crippen molar-refractivity contribution in [2.75, 3.05) is 11.4 Å². The van der Waals surface area contributed by atoms with E-state index in [1.165, 1.54) is 18.2 Å². The number of imide groups is 2. The Morgan fingerprint density at radius 2 is 1.65 bits per heavy atom. The van der Waals surface area contributed by atoms with Crippen LogP contribution in [0.25, 0.3) is 0 Å². The number of benzene rings is 2. The molecule has 1 saturated heterocycles. The number of nitrogens with zero attached hydrogens (tertiary/aromatic N) is 3. The molecule has 1 fully saturated rings. The van der Waals surface area contributed by atoms with Crippen molar-refractivity contribution in [2.24, 2.45) is 11.0 Å². The van der Waals surface area contributed by atoms with E-state index in [0.29, 0.717) is 5.02 Å². The van der Waals surface area contributed by atoms with Gasteiger partial charge >= 0.3 is 0 Å². The minimum Gasteiger partial charge on any atom is -0.296 e. The molecule has 5 rings (SSSR count). The summed E-state index contributed by atoms with van der Waals surface area (Å²) in [6, 6.07) is 11.5. The quantitative estimate of drug-likeness (QED) is 0.715. The molecular weight excluding hydrogens is 424 g/mol. The van der Waals surface area contributed by atoms with Gasteiger partial charge in [-0.2, -0.15) is 5.10 Å². The normalized spacial score (nSPS) is 21.9. The van der Waals surface area contributed by atoms with Crippen LogP contribution in [0.5, 0.6) is 0 Å². The highest BCUT2D eigenvalue weighted by Crippen LogP contribution is 2.32. The number of nitrogens with one attached hydrogen (secondary N) is 1. The van der Waals surface area contributed by atoms with Gasteiger partial charge in [0.05, 0.1) is 23.4 Å². The average Bonchev–Trinajstić information content (AvgIpc) is 3.37. The van der Waals surface area contributed by atoms with Gasteiger partial charge in [-0.25, -0.2) is 4.90 Å². The number of hydrazone groups is 1. The first-order valence-electron chi connectivity index (χ1n) is 9.33. The maximum atomic E-state index is 13.0. The second kappa shape index (κ2) is 6.85. The van der Waals surface area contributed by atoms with Crippen LogP contribution in [-0.4, -0.2) is 52.6 Å². The predicted octanol–water partition coefficient (Wildman–Crippen LogP) is 1.02. The number of fused-ring (bicyclic) bond motifs is 2. The second-order valence-electron chi connectivity index (χ2n) is 7.24. The molecule has 31 heavy (non-hydrogen) atoms. The topological polar surface area (TPSA) is 116 Å². The standard InChI is InChI=1S/C21H13ClN4O5/c22-10-4-3-5-11(8-10)26-20(30)15-16(23-24-17(15)21(26)31)14(27)9-25-18(28)12-6-1-2-7-13(12)19(25)29/h1-8,15,17,24H,9H2. The van der Waals surface area contributed by atoms with E-state index < -0.39 is 47.9 Å². The SMILES string of the molecule is O=C(CN1C(=O)c2ccccc2C1=O)C1=NNC2C(=O)N(c3cccc(Cl)c3)C(=O)C12. The number of ketones is 1. The molecule has 154 valence electrons. The molecule has 0 spiro atoms. The Morgan fingerprint density at radius 1 is 0.968 bits per heavy atom. The number of carbonyl (C=O) groups is 5. The third-order valence-corrected chi connectivity index (χ3v) is 5.69. The van der Waals surface area contributed by atoms with Gasteiger partial charge in [-0.3, -0.25) is 34.3 Å². The number of rotatable bonds is 4. The van der Waals surface area contributed by atoms with Crippen molar-refractivity contribution in [1.82, 2.24) is 10.3 Å². The summed E-state index contributed by atoms with van der Waals surface area (Å²) in [5.74, 6) is -4.21. The fraction of sp³-hybridized carbons (Fsp3) is 0.143. The first-order chi connectivity index (χ1) is 14.9. The molecule has 3 aliphatic rings. The van der Waals surface area contributed by atoms with Crippen molar-refractivity contribution in [3.8, 4) is 0 Å². The summed E-state index contributed by atoms with van der Waals surface area (Å²) in [4.78, 5) is 65.5. The minimum atomic E-state index is -1.14. The summed E-state index contributed by atoms with van der Waals surface area (Å²) in [5, 5.41) is 4.23. The Labute approximate surface area is 180 Å². The van der Waals surface area contributed by atoms with E-state index in [4.69, 9.17) is 11.6 Å². The Balaban J connectivity index is 1.38. The van der Waals surface area contributed by atoms with E-state index in [9.17, 15) is 24.0 Å². The number of carbonyl (C=O) groups excluding carboxylic acids is 5. The van der Waals surface area contributed by atoms with Crippen LogP contribution < -0.4 is 10.3 Å². The maximum absolute atomic E-state index is 13.0. The maximum Gasteiger partial charge on any atom is 0.261 e. The van der Waals surface area contributed by atoms with Gasteiger partial charge in [-0.15, -0.1) is 0 Å². The van der Waals surface area contributed by atoms with Gasteiger partial charge in [-0.05, 0) is 30.3 Å². The van der Waals surface area contributed by atoms with Crippen LogP contribution in [0.2, 0.25) is 5.02 Å². The number of Topliss-reactive ketones (excluding diaryl/α,β-unsaturated/α-hetero) is 1. The van der Waals surface area contributed by atoms with Crippen LogP contribution in [-0.2, 0) is 14.4 Å². The molecule has 0 aromatic heterocycles. The van der Waals surface area contributed by atoms with Crippen molar-refractivity contribution in [3.05, 3.63) is 64.7 Å². The highest BCUT2D eigenvalue weighted by atomic mass is 35.5. The van der Waals surface area contributed by atoms with E-state index in [-0.39, 0.29) is 22.5 Å². The van der Waals surface area contributed by atoms with Crippen molar-refractivity contribution in [2.45, 2.75) is 6.04 Å². The fourth-order valence-corrected chi connectivity index (χ4v) is 4.18. The molecule has 1 N–H and O–H groups in total. The van der Waals surface area contributed by atoms with Crippen molar-refractivity contribution >= 4 is 52.4 Å². The van der Waals surface area contributed by atoms with E-state index >= 15 is 0 Å². The van der Waals surface area contributed by atoms with Crippen LogP contribution in [0.4, 0.5) is 5.69 Å². The van der Waals surface area contributed by atoms with E-state index in [0.717, 1.165) is 9.80 Å². The molecule has 4 amide bonds. The molecule has 9 nitrogen and oxygen atoms in total. The van der Waals surface area contributed by atoms with Crippen molar-refractivity contribution in [3.63, 3.8) is 0 Å². The molecule has 0 aliphatic carbocycles. The minimum absolute atomic E-state index is 0.190. The molecule has 2 unspecified atom stereocenters. The van der Waals surface area contributed by atoms with Crippen LogP contribution >= 0.6 is 11.6 Å². The summed E-state index contributed by atoms with van der Waals surface area (Å²) < 4.78 is 0. The second-order valence-corrected chi connectivity index (χ2v) is 7.67. The Kier molecular flexibility index (Phi) is 4.23. The zero-order chi connectivity index (χ0) is 21.9. The molecule has 3 heterocycles. The van der Waals surface area contributed by atoms with Crippen molar-refractivity contribution < 1.29 is 24.0 Å². The lowest BCUT2D eigenvalue weighted by Gasteiger charge is -2.16. The van der Waals surface area contributed by atoms with Gasteiger partial charge in [0.15, 0.2) is 5.78 Å². The van der Waals surface area contributed by atoms with Gasteiger partial charge in [-0.1, -0.05) is 29.8 Å². The Bertz CT molecular complexity index is 1200. The third-order valence-electron chi connectivity index (χ3n) is 5.46.